The third kappa shape index (κ3) is 9.75. The average Bonchev–Trinajstić information content (AvgIpc) is 3.20. The summed E-state index contributed by atoms with van der Waals surface area (Å²) >= 11 is 1.23. The molecular weight excluding hydrogens is 404 g/mol. The van der Waals surface area contributed by atoms with Crippen LogP contribution in [0, 0.1) is 11.8 Å². The second-order valence-corrected chi connectivity index (χ2v) is 9.00. The molecule has 2 atom stereocenters. The minimum Gasteiger partial charge on any atom is -0.344 e. The molecule has 10 heteroatoms. The first-order chi connectivity index (χ1) is 14.1. The van der Waals surface area contributed by atoms with Gasteiger partial charge in [-0.25, -0.2) is 4.98 Å². The number of ketones is 1. The van der Waals surface area contributed by atoms with Crippen LogP contribution < -0.4 is 27.4 Å². The van der Waals surface area contributed by atoms with Crippen molar-refractivity contribution >= 4 is 28.9 Å². The Balaban J connectivity index is 2.80. The fraction of sp³-hybridized carbons (Fsp3) is 0.700. The molecule has 0 aliphatic heterocycles. The molecule has 1 aromatic heterocycles. The van der Waals surface area contributed by atoms with Crippen molar-refractivity contribution in [3.05, 3.63) is 16.6 Å². The summed E-state index contributed by atoms with van der Waals surface area (Å²) in [6, 6.07) is -1.46. The number of aromatic nitrogens is 1. The van der Waals surface area contributed by atoms with Crippen LogP contribution >= 0.6 is 11.3 Å². The van der Waals surface area contributed by atoms with Crippen molar-refractivity contribution in [2.75, 3.05) is 6.54 Å². The maximum Gasteiger partial charge on any atom is 0.243 e. The van der Waals surface area contributed by atoms with Gasteiger partial charge in [-0.2, -0.15) is 0 Å². The molecule has 1 heterocycles. The summed E-state index contributed by atoms with van der Waals surface area (Å²) in [5.41, 5.74) is 10.9. The number of hydrogen-bond acceptors (Lipinski definition) is 8. The van der Waals surface area contributed by atoms with Crippen LogP contribution in [-0.4, -0.2) is 47.5 Å². The summed E-state index contributed by atoms with van der Waals surface area (Å²) in [5.74, 6) is -0.509. The Bertz CT molecular complexity index is 664. The fourth-order valence-corrected chi connectivity index (χ4v) is 3.43. The van der Waals surface area contributed by atoms with Crippen LogP contribution in [-0.2, 0) is 9.59 Å². The molecule has 0 aliphatic rings. The molecule has 0 saturated carbocycles. The first kappa shape index (κ1) is 26.2. The van der Waals surface area contributed by atoms with E-state index < -0.39 is 18.4 Å². The van der Waals surface area contributed by atoms with Crippen LogP contribution in [0.4, 0.5) is 0 Å². The molecule has 7 N–H and O–H groups in total. The van der Waals surface area contributed by atoms with Gasteiger partial charge in [0.1, 0.15) is 12.3 Å². The lowest BCUT2D eigenvalue weighted by Gasteiger charge is -2.25. The molecule has 1 aromatic rings. The molecule has 0 fully saturated rings. The molecule has 0 saturated heterocycles. The van der Waals surface area contributed by atoms with Crippen LogP contribution in [0.2, 0.25) is 0 Å². The number of hydrogen-bond donors (Lipinski definition) is 5. The van der Waals surface area contributed by atoms with Gasteiger partial charge in [0.25, 0.3) is 0 Å². The van der Waals surface area contributed by atoms with E-state index in [0.717, 1.165) is 6.42 Å². The first-order valence-corrected chi connectivity index (χ1v) is 11.3. The maximum atomic E-state index is 12.9. The number of carbonyl (C=O) groups excluding carboxylic acids is 3. The Morgan fingerprint density at radius 2 is 1.80 bits per heavy atom. The number of amides is 2. The Labute approximate surface area is 182 Å². The van der Waals surface area contributed by atoms with E-state index in [-0.39, 0.29) is 23.5 Å². The van der Waals surface area contributed by atoms with Gasteiger partial charge in [0.2, 0.25) is 17.6 Å². The van der Waals surface area contributed by atoms with Gasteiger partial charge >= 0.3 is 0 Å². The van der Waals surface area contributed by atoms with E-state index in [4.69, 9.17) is 11.5 Å². The van der Waals surface area contributed by atoms with Crippen LogP contribution in [0.1, 0.15) is 63.2 Å². The number of Topliss-reactive ketones (excluding diaryl/α,β-unsaturated/α-hetero) is 1. The molecule has 9 nitrogen and oxygen atoms in total. The van der Waals surface area contributed by atoms with E-state index in [1.54, 1.807) is 11.6 Å². The van der Waals surface area contributed by atoms with E-state index >= 15 is 0 Å². The molecule has 0 bridgehead atoms. The summed E-state index contributed by atoms with van der Waals surface area (Å²) in [4.78, 5) is 42.1. The van der Waals surface area contributed by atoms with Gasteiger partial charge in [0, 0.05) is 18.0 Å². The smallest absolute Gasteiger partial charge is 0.243 e. The first-order valence-electron chi connectivity index (χ1n) is 10.4. The van der Waals surface area contributed by atoms with Gasteiger partial charge in [-0.1, -0.05) is 27.7 Å². The lowest BCUT2D eigenvalue weighted by atomic mass is 10.0. The van der Waals surface area contributed by atoms with Crippen LogP contribution in [0.5, 0.6) is 0 Å². The Morgan fingerprint density at radius 3 is 2.33 bits per heavy atom. The monoisotopic (exact) mass is 440 g/mol. The third-order valence-corrected chi connectivity index (χ3v) is 5.33. The standard InChI is InChI=1S/C20H36N6O3S/c1-12(2)7-8-15(27)26-16(13(3)4)18(29)25-14(6-5-9-24-20(21)22)17(28)19-23-10-11-30-19/h10-14,16,20,24H,5-9,21-22H2,1-4H3,(H,25,29)(H,26,27)/t14-,16-/m0/s1. The van der Waals surface area contributed by atoms with Crippen molar-refractivity contribution in [3.63, 3.8) is 0 Å². The summed E-state index contributed by atoms with van der Waals surface area (Å²) in [7, 11) is 0. The lowest BCUT2D eigenvalue weighted by molar-refractivity contribution is -0.130. The lowest BCUT2D eigenvalue weighted by Crippen LogP contribution is -2.54. The zero-order valence-corrected chi connectivity index (χ0v) is 19.1. The number of carbonyl (C=O) groups is 3. The van der Waals surface area contributed by atoms with E-state index in [9.17, 15) is 14.4 Å². The van der Waals surface area contributed by atoms with Crippen LogP contribution in [0.25, 0.3) is 0 Å². The van der Waals surface area contributed by atoms with Gasteiger partial charge in [0.05, 0.1) is 6.04 Å². The van der Waals surface area contributed by atoms with Crippen molar-refractivity contribution in [3.8, 4) is 0 Å². The molecule has 0 spiro atoms. The second kappa shape index (κ2) is 13.4. The molecule has 2 amide bonds. The van der Waals surface area contributed by atoms with Crippen molar-refractivity contribution in [2.45, 2.75) is 71.8 Å². The minimum absolute atomic E-state index is 0.125. The van der Waals surface area contributed by atoms with Gasteiger partial charge in [-0.05, 0) is 37.6 Å². The quantitative estimate of drug-likeness (QED) is 0.164. The molecule has 0 aliphatic carbocycles. The normalized spacial score (nSPS) is 13.5. The van der Waals surface area contributed by atoms with Gasteiger partial charge in [-0.3, -0.25) is 19.7 Å². The highest BCUT2D eigenvalue weighted by atomic mass is 32.1. The maximum absolute atomic E-state index is 12.9. The predicted octanol–water partition coefficient (Wildman–Crippen LogP) is 0.958. The van der Waals surface area contributed by atoms with Crippen LogP contribution in [0.3, 0.4) is 0 Å². The topological polar surface area (TPSA) is 152 Å². The summed E-state index contributed by atoms with van der Waals surface area (Å²) in [6.45, 7) is 8.31. The molecule has 0 unspecified atom stereocenters. The predicted molar refractivity (Wildman–Crippen MR) is 119 cm³/mol. The highest BCUT2D eigenvalue weighted by Gasteiger charge is 2.29. The highest BCUT2D eigenvalue weighted by molar-refractivity contribution is 7.11. The zero-order chi connectivity index (χ0) is 22.7. The molecule has 170 valence electrons. The fourth-order valence-electron chi connectivity index (χ4n) is 2.80. The number of nitrogens with one attached hydrogen (secondary N) is 3. The Kier molecular flexibility index (Phi) is 11.7. The number of nitrogens with zero attached hydrogens (tertiary/aromatic N) is 1. The Hall–Kier alpha value is -1.88. The van der Waals surface area contributed by atoms with E-state index in [1.165, 1.54) is 11.3 Å². The van der Waals surface area contributed by atoms with Crippen molar-refractivity contribution < 1.29 is 14.4 Å². The van der Waals surface area contributed by atoms with Gasteiger partial charge < -0.3 is 22.1 Å². The molecule has 1 rings (SSSR count). The van der Waals surface area contributed by atoms with E-state index in [0.29, 0.717) is 36.7 Å². The summed E-state index contributed by atoms with van der Waals surface area (Å²) in [5, 5.41) is 10.6. The largest absolute Gasteiger partial charge is 0.344 e. The second-order valence-electron chi connectivity index (χ2n) is 8.11. The minimum atomic E-state index is -0.742. The summed E-state index contributed by atoms with van der Waals surface area (Å²) < 4.78 is 0. The van der Waals surface area contributed by atoms with Crippen molar-refractivity contribution in [1.29, 1.82) is 0 Å². The van der Waals surface area contributed by atoms with Gasteiger partial charge in [-0.15, -0.1) is 11.3 Å². The average molecular weight is 441 g/mol. The number of thiazole rings is 1. The Morgan fingerprint density at radius 1 is 1.10 bits per heavy atom. The van der Waals surface area contributed by atoms with Crippen molar-refractivity contribution in [2.24, 2.45) is 23.3 Å². The highest BCUT2D eigenvalue weighted by Crippen LogP contribution is 2.13. The molecule has 30 heavy (non-hydrogen) atoms. The van der Waals surface area contributed by atoms with Crippen LogP contribution in [0.15, 0.2) is 11.6 Å². The molecule has 0 aromatic carbocycles. The van der Waals surface area contributed by atoms with Gasteiger partial charge in [0.15, 0.2) is 5.01 Å². The number of nitrogens with two attached hydrogens (primary N) is 2. The number of rotatable bonds is 14. The molecular formula is C20H36N6O3S. The molecule has 0 radical (unpaired) electrons. The third-order valence-electron chi connectivity index (χ3n) is 4.54. The van der Waals surface area contributed by atoms with E-state index in [1.807, 2.05) is 27.7 Å². The zero-order valence-electron chi connectivity index (χ0n) is 18.3. The van der Waals surface area contributed by atoms with Crippen molar-refractivity contribution in [1.82, 2.24) is 20.9 Å². The summed E-state index contributed by atoms with van der Waals surface area (Å²) in [6.07, 6.45) is 3.01. The SMILES string of the molecule is CC(C)CCC(=O)N[C@H](C(=O)N[C@@H](CCCNC(N)N)C(=O)c1nccs1)C(C)C. The van der Waals surface area contributed by atoms with E-state index in [2.05, 4.69) is 20.9 Å².